The maximum atomic E-state index is 5.38. The number of unbranched alkanes of at least 4 members (excludes halogenated alkanes) is 1. The van der Waals surface area contributed by atoms with Crippen LogP contribution in [0.5, 0.6) is 0 Å². The van der Waals surface area contributed by atoms with Crippen molar-refractivity contribution < 1.29 is 0 Å². The highest BCUT2D eigenvalue weighted by molar-refractivity contribution is 4.91. The largest absolute Gasteiger partial charge is 0.329 e. The van der Waals surface area contributed by atoms with Crippen LogP contribution < -0.4 is 5.73 Å². The molecule has 2 N–H and O–H groups in total. The Morgan fingerprint density at radius 3 is 3.08 bits per heavy atom. The van der Waals surface area contributed by atoms with Crippen molar-refractivity contribution in [3.8, 4) is 0 Å². The fourth-order valence-electron chi connectivity index (χ4n) is 1.05. The van der Waals surface area contributed by atoms with Gasteiger partial charge in [0, 0.05) is 12.7 Å². The van der Waals surface area contributed by atoms with E-state index in [0.717, 1.165) is 18.7 Å². The van der Waals surface area contributed by atoms with Gasteiger partial charge in [-0.1, -0.05) is 18.6 Å². The van der Waals surface area contributed by atoms with E-state index >= 15 is 0 Å². The molecule has 1 heterocycles. The number of aryl methyl sites for hydroxylation is 1. The second-order valence-electron chi connectivity index (χ2n) is 2.87. The Bertz CT molecular complexity index is 219. The Labute approximate surface area is 72.8 Å². The van der Waals surface area contributed by atoms with E-state index in [-0.39, 0.29) is 0 Å². The lowest BCUT2D eigenvalue weighted by Crippen LogP contribution is -2.10. The third-order valence-electron chi connectivity index (χ3n) is 1.73. The van der Waals surface area contributed by atoms with Crippen LogP contribution in [0.15, 0.2) is 6.20 Å². The molecule has 0 aliphatic rings. The van der Waals surface area contributed by atoms with E-state index in [4.69, 9.17) is 5.73 Å². The van der Waals surface area contributed by atoms with Crippen molar-refractivity contribution in [2.24, 2.45) is 5.73 Å². The summed E-state index contributed by atoms with van der Waals surface area (Å²) in [5.41, 5.74) is 6.46. The fourth-order valence-corrected chi connectivity index (χ4v) is 1.05. The maximum absolute atomic E-state index is 5.38. The van der Waals surface area contributed by atoms with Crippen molar-refractivity contribution in [1.82, 2.24) is 15.0 Å². The van der Waals surface area contributed by atoms with Gasteiger partial charge in [-0.15, -0.1) is 5.10 Å². The molecule has 0 aliphatic carbocycles. The second-order valence-corrected chi connectivity index (χ2v) is 2.87. The van der Waals surface area contributed by atoms with E-state index in [1.165, 1.54) is 12.8 Å². The van der Waals surface area contributed by atoms with Crippen LogP contribution in [0, 0.1) is 0 Å². The molecule has 12 heavy (non-hydrogen) atoms. The van der Waals surface area contributed by atoms with Crippen LogP contribution in [0.3, 0.4) is 0 Å². The van der Waals surface area contributed by atoms with Gasteiger partial charge in [0.1, 0.15) is 0 Å². The normalized spacial score (nSPS) is 10.5. The van der Waals surface area contributed by atoms with Crippen LogP contribution in [0.25, 0.3) is 0 Å². The molecule has 0 spiro atoms. The van der Waals surface area contributed by atoms with Crippen molar-refractivity contribution in [2.75, 3.05) is 6.54 Å². The zero-order valence-corrected chi connectivity index (χ0v) is 7.53. The summed E-state index contributed by atoms with van der Waals surface area (Å²) >= 11 is 0. The van der Waals surface area contributed by atoms with Crippen LogP contribution in [0.2, 0.25) is 0 Å². The molecule has 0 fully saturated rings. The van der Waals surface area contributed by atoms with Crippen LogP contribution in [0.4, 0.5) is 0 Å². The molecule has 4 heteroatoms. The fraction of sp³-hybridized carbons (Fsp3) is 0.750. The first kappa shape index (κ1) is 9.19. The van der Waals surface area contributed by atoms with E-state index in [9.17, 15) is 0 Å². The van der Waals surface area contributed by atoms with E-state index in [0.29, 0.717) is 6.54 Å². The zero-order chi connectivity index (χ0) is 8.81. The highest BCUT2D eigenvalue weighted by atomic mass is 15.4. The highest BCUT2D eigenvalue weighted by Crippen LogP contribution is 1.99. The predicted octanol–water partition coefficient (Wildman–Crippen LogP) is 0.579. The molecule has 0 bridgehead atoms. The second kappa shape index (κ2) is 4.87. The van der Waals surface area contributed by atoms with Crippen LogP contribution in [0.1, 0.15) is 25.5 Å². The summed E-state index contributed by atoms with van der Waals surface area (Å²) < 4.78 is 1.80. The number of nitrogens with zero attached hydrogens (tertiary/aromatic N) is 3. The predicted molar refractivity (Wildman–Crippen MR) is 47.7 cm³/mol. The number of hydrogen-bond acceptors (Lipinski definition) is 3. The van der Waals surface area contributed by atoms with E-state index in [1.54, 1.807) is 4.68 Å². The lowest BCUT2D eigenvalue weighted by Gasteiger charge is -1.93. The van der Waals surface area contributed by atoms with E-state index in [2.05, 4.69) is 17.2 Å². The number of aromatic nitrogens is 3. The average molecular weight is 168 g/mol. The van der Waals surface area contributed by atoms with Gasteiger partial charge in [0.25, 0.3) is 0 Å². The lowest BCUT2D eigenvalue weighted by atomic mass is 10.2. The van der Waals surface area contributed by atoms with Crippen molar-refractivity contribution in [3.05, 3.63) is 11.9 Å². The van der Waals surface area contributed by atoms with Gasteiger partial charge in [-0.05, 0) is 12.8 Å². The maximum Gasteiger partial charge on any atom is 0.0827 e. The molecule has 0 atom stereocenters. The van der Waals surface area contributed by atoms with E-state index in [1.807, 2.05) is 6.20 Å². The molecule has 1 rings (SSSR count). The Balaban J connectivity index is 2.41. The summed E-state index contributed by atoms with van der Waals surface area (Å²) in [5.74, 6) is 0. The van der Waals surface area contributed by atoms with Gasteiger partial charge < -0.3 is 5.73 Å². The van der Waals surface area contributed by atoms with Gasteiger partial charge in [-0.25, -0.2) is 0 Å². The van der Waals surface area contributed by atoms with Gasteiger partial charge in [0.15, 0.2) is 0 Å². The van der Waals surface area contributed by atoms with Gasteiger partial charge in [0.05, 0.1) is 12.2 Å². The summed E-state index contributed by atoms with van der Waals surface area (Å²) in [6.07, 6.45) is 5.38. The SMILES string of the molecule is CCCCc1cn(CCN)nn1. The van der Waals surface area contributed by atoms with Crippen molar-refractivity contribution in [3.63, 3.8) is 0 Å². The molecule has 1 aromatic rings. The minimum absolute atomic E-state index is 0.622. The van der Waals surface area contributed by atoms with Gasteiger partial charge in [0.2, 0.25) is 0 Å². The molecule has 0 aromatic carbocycles. The molecular weight excluding hydrogens is 152 g/mol. The van der Waals surface area contributed by atoms with Crippen molar-refractivity contribution in [1.29, 1.82) is 0 Å². The minimum atomic E-state index is 0.622. The Kier molecular flexibility index (Phi) is 3.73. The third-order valence-corrected chi connectivity index (χ3v) is 1.73. The Morgan fingerprint density at radius 1 is 1.58 bits per heavy atom. The summed E-state index contributed by atoms with van der Waals surface area (Å²) in [6.45, 7) is 3.56. The highest BCUT2D eigenvalue weighted by Gasteiger charge is 1.98. The van der Waals surface area contributed by atoms with Gasteiger partial charge >= 0.3 is 0 Å². The number of rotatable bonds is 5. The van der Waals surface area contributed by atoms with Crippen LogP contribution in [-0.4, -0.2) is 21.5 Å². The molecule has 0 unspecified atom stereocenters. The summed E-state index contributed by atoms with van der Waals surface area (Å²) in [5, 5.41) is 7.98. The smallest absolute Gasteiger partial charge is 0.0827 e. The van der Waals surface area contributed by atoms with Gasteiger partial charge in [-0.2, -0.15) is 0 Å². The lowest BCUT2D eigenvalue weighted by molar-refractivity contribution is 0.598. The molecule has 0 radical (unpaired) electrons. The molecule has 0 amide bonds. The zero-order valence-electron chi connectivity index (χ0n) is 7.53. The molecule has 0 saturated carbocycles. The standard InChI is InChI=1S/C8H16N4/c1-2-3-4-8-7-12(6-5-9)11-10-8/h7H,2-6,9H2,1H3. The number of nitrogens with two attached hydrogens (primary N) is 1. The van der Waals surface area contributed by atoms with Gasteiger partial charge in [-0.3, -0.25) is 4.68 Å². The topological polar surface area (TPSA) is 56.7 Å². The molecule has 1 aromatic heterocycles. The molecular formula is C8H16N4. The minimum Gasteiger partial charge on any atom is -0.329 e. The molecule has 4 nitrogen and oxygen atoms in total. The van der Waals surface area contributed by atoms with Crippen LogP contribution >= 0.6 is 0 Å². The third kappa shape index (κ3) is 2.62. The first-order valence-corrected chi connectivity index (χ1v) is 4.46. The average Bonchev–Trinajstić information content (AvgIpc) is 2.50. The van der Waals surface area contributed by atoms with Crippen LogP contribution in [-0.2, 0) is 13.0 Å². The summed E-state index contributed by atoms with van der Waals surface area (Å²) in [6, 6.07) is 0. The van der Waals surface area contributed by atoms with Crippen molar-refractivity contribution >= 4 is 0 Å². The molecule has 0 aliphatic heterocycles. The molecule has 0 saturated heterocycles. The first-order chi connectivity index (χ1) is 5.86. The number of hydrogen-bond donors (Lipinski definition) is 1. The van der Waals surface area contributed by atoms with Crippen molar-refractivity contribution in [2.45, 2.75) is 32.7 Å². The first-order valence-electron chi connectivity index (χ1n) is 4.46. The Morgan fingerprint density at radius 2 is 2.42 bits per heavy atom. The monoisotopic (exact) mass is 168 g/mol. The summed E-state index contributed by atoms with van der Waals surface area (Å²) in [7, 11) is 0. The molecule has 68 valence electrons. The Hall–Kier alpha value is -0.900. The van der Waals surface area contributed by atoms with E-state index < -0.39 is 0 Å². The summed E-state index contributed by atoms with van der Waals surface area (Å²) in [4.78, 5) is 0. The quantitative estimate of drug-likeness (QED) is 0.699.